The third kappa shape index (κ3) is 32.7. The van der Waals surface area contributed by atoms with Crippen LogP contribution in [0, 0.1) is 0 Å². The van der Waals surface area contributed by atoms with Crippen LogP contribution in [0.3, 0.4) is 0 Å². The van der Waals surface area contributed by atoms with Crippen LogP contribution >= 0.6 is 0 Å². The van der Waals surface area contributed by atoms with Crippen LogP contribution in [0.1, 0.15) is 245 Å². The van der Waals surface area contributed by atoms with Gasteiger partial charge in [-0.3, -0.25) is 4.79 Å². The first-order valence-corrected chi connectivity index (χ1v) is 34.4. The Bertz CT molecular complexity index is 1770. The zero-order chi connectivity index (χ0) is 63.3. The first kappa shape index (κ1) is 79.0. The van der Waals surface area contributed by atoms with Gasteiger partial charge < -0.3 is 89.9 Å². The smallest absolute Gasteiger partial charge is 0.220 e. The van der Waals surface area contributed by atoms with E-state index in [4.69, 9.17) is 28.4 Å². The Labute approximate surface area is 523 Å². The van der Waals surface area contributed by atoms with Gasteiger partial charge in [0.05, 0.1) is 38.6 Å². The zero-order valence-electron chi connectivity index (χ0n) is 53.5. The summed E-state index contributed by atoms with van der Waals surface area (Å²) < 4.78 is 34.4. The van der Waals surface area contributed by atoms with Gasteiger partial charge in [0, 0.05) is 6.42 Å². The molecule has 3 saturated heterocycles. The molecule has 19 heteroatoms. The monoisotopic (exact) mass is 1240 g/mol. The lowest BCUT2D eigenvalue weighted by molar-refractivity contribution is -0.379. The normalized spacial score (nSPS) is 28.9. The molecule has 87 heavy (non-hydrogen) atoms. The van der Waals surface area contributed by atoms with Crippen molar-refractivity contribution >= 4 is 5.91 Å². The van der Waals surface area contributed by atoms with Gasteiger partial charge in [-0.05, 0) is 51.4 Å². The Hall–Kier alpha value is -2.25. The second-order valence-corrected chi connectivity index (χ2v) is 24.6. The molecule has 17 atom stereocenters. The molecule has 0 spiro atoms. The Morgan fingerprint density at radius 3 is 1.22 bits per heavy atom. The molecular weight excluding hydrogens is 1120 g/mol. The predicted octanol–water partition coefficient (Wildman–Crippen LogP) is 8.61. The minimum absolute atomic E-state index is 0.213. The number of unbranched alkanes of at least 4 members (excludes halogenated alkanes) is 28. The summed E-state index contributed by atoms with van der Waals surface area (Å²) in [6.07, 6.45) is 32.1. The van der Waals surface area contributed by atoms with E-state index < -0.39 is 124 Å². The zero-order valence-corrected chi connectivity index (χ0v) is 53.5. The van der Waals surface area contributed by atoms with Gasteiger partial charge in [0.25, 0.3) is 0 Å². The summed E-state index contributed by atoms with van der Waals surface area (Å²) in [7, 11) is 0. The van der Waals surface area contributed by atoms with E-state index in [1.54, 1.807) is 0 Å². The molecule has 3 heterocycles. The highest BCUT2D eigenvalue weighted by molar-refractivity contribution is 5.76. The highest BCUT2D eigenvalue weighted by Crippen LogP contribution is 2.33. The quantitative estimate of drug-likeness (QED) is 0.0200. The van der Waals surface area contributed by atoms with Gasteiger partial charge in [-0.2, -0.15) is 0 Å². The molecule has 19 nitrogen and oxygen atoms in total. The van der Waals surface area contributed by atoms with Crippen molar-refractivity contribution in [2.24, 2.45) is 0 Å². The third-order valence-corrected chi connectivity index (χ3v) is 17.2. The molecule has 0 bridgehead atoms. The molecule has 3 aliphatic heterocycles. The minimum atomic E-state index is -1.98. The van der Waals surface area contributed by atoms with Gasteiger partial charge in [0.1, 0.15) is 73.2 Å². The Kier molecular flexibility index (Phi) is 45.7. The Balaban J connectivity index is 1.42. The van der Waals surface area contributed by atoms with Gasteiger partial charge in [-0.25, -0.2) is 0 Å². The van der Waals surface area contributed by atoms with Crippen LogP contribution in [0.5, 0.6) is 0 Å². The molecule has 3 fully saturated rings. The van der Waals surface area contributed by atoms with E-state index in [0.29, 0.717) is 12.8 Å². The summed E-state index contributed by atoms with van der Waals surface area (Å²) in [5.74, 6) is -0.282. The summed E-state index contributed by atoms with van der Waals surface area (Å²) in [4.78, 5) is 13.4. The second kappa shape index (κ2) is 50.3. The molecule has 0 aromatic heterocycles. The largest absolute Gasteiger partial charge is 0.394 e. The van der Waals surface area contributed by atoms with Gasteiger partial charge in [0.2, 0.25) is 5.91 Å². The van der Waals surface area contributed by atoms with Crippen molar-refractivity contribution in [2.75, 3.05) is 26.4 Å². The van der Waals surface area contributed by atoms with E-state index in [0.717, 1.165) is 64.2 Å². The molecule has 17 unspecified atom stereocenters. The number of allylic oxidation sites excluding steroid dienone is 8. The number of rotatable bonds is 52. The molecule has 0 aliphatic carbocycles. The predicted molar refractivity (Wildman–Crippen MR) is 337 cm³/mol. The summed E-state index contributed by atoms with van der Waals surface area (Å²) in [5, 5.41) is 121. The van der Waals surface area contributed by atoms with Crippen LogP contribution in [0.15, 0.2) is 48.6 Å². The van der Waals surface area contributed by atoms with E-state index in [-0.39, 0.29) is 18.9 Å². The lowest BCUT2D eigenvalue weighted by atomic mass is 9.96. The van der Waals surface area contributed by atoms with Gasteiger partial charge in [-0.15, -0.1) is 0 Å². The number of aliphatic hydroxyl groups is 11. The number of carbonyl (C=O) groups is 1. The summed E-state index contributed by atoms with van der Waals surface area (Å²) in [5.41, 5.74) is 0. The number of aliphatic hydroxyl groups excluding tert-OH is 11. The fourth-order valence-corrected chi connectivity index (χ4v) is 11.6. The van der Waals surface area contributed by atoms with E-state index in [1.807, 2.05) is 0 Å². The lowest BCUT2D eigenvalue weighted by Crippen LogP contribution is -2.66. The van der Waals surface area contributed by atoms with Crippen LogP contribution in [-0.2, 0) is 33.2 Å². The Morgan fingerprint density at radius 2 is 0.793 bits per heavy atom. The van der Waals surface area contributed by atoms with Gasteiger partial charge in [0.15, 0.2) is 18.9 Å². The van der Waals surface area contributed by atoms with Crippen LogP contribution in [0.4, 0.5) is 0 Å². The average molecular weight is 1240 g/mol. The number of hydrogen-bond acceptors (Lipinski definition) is 18. The number of nitrogens with one attached hydrogen (secondary N) is 1. The molecule has 0 radical (unpaired) electrons. The lowest BCUT2D eigenvalue weighted by Gasteiger charge is -2.48. The Morgan fingerprint density at radius 1 is 0.425 bits per heavy atom. The van der Waals surface area contributed by atoms with Gasteiger partial charge >= 0.3 is 0 Å². The maximum absolute atomic E-state index is 13.4. The second-order valence-electron chi connectivity index (χ2n) is 24.6. The van der Waals surface area contributed by atoms with Crippen LogP contribution in [0.25, 0.3) is 0 Å². The van der Waals surface area contributed by atoms with Crippen LogP contribution < -0.4 is 5.32 Å². The van der Waals surface area contributed by atoms with E-state index in [9.17, 15) is 61.0 Å². The maximum Gasteiger partial charge on any atom is 0.220 e. The highest BCUT2D eigenvalue weighted by Gasteiger charge is 2.53. The fraction of sp³-hybridized carbons (Fsp3) is 0.868. The van der Waals surface area contributed by atoms with Gasteiger partial charge in [-0.1, -0.05) is 236 Å². The SMILES string of the molecule is CC/C=C\C/C=C\C/C=C\C/C=C\CCCCC(=O)NC(COC1OC(CO)C(OC2OC(CO)C(OC3OC(CO)C(O)C(O)C3O)C(O)C2O)C(O)C1O)C(O)CCCCCCCCCCCCCCCCCCCCCCCCCCCCC. The number of amides is 1. The van der Waals surface area contributed by atoms with Crippen molar-refractivity contribution in [3.63, 3.8) is 0 Å². The summed E-state index contributed by atoms with van der Waals surface area (Å²) in [6, 6.07) is -0.911. The summed E-state index contributed by atoms with van der Waals surface area (Å²) >= 11 is 0. The van der Waals surface area contributed by atoms with E-state index in [2.05, 4.69) is 67.8 Å². The standard InChI is InChI=1S/C68H123NO18/c1-3-5-7-9-11-13-15-17-19-20-21-22-23-24-25-26-27-28-29-30-32-33-35-37-39-41-43-45-52(73)51(69-56(74)46-44-42-40-38-36-34-31-18-16-14-12-10-8-6-4-2)50-82-66-62(80)59(77)64(54(48-71)84-66)87-68-63(81)60(78)65(55(49-72)85-68)86-67-61(79)58(76)57(75)53(47-70)83-67/h6,8,12,14,18,31,36,38,51-55,57-68,70-73,75-81H,3-5,7,9-11,13,15-17,19-30,32-35,37,39-50H2,1-2H3,(H,69,74)/b8-6-,14-12-,31-18-,38-36-. The van der Waals surface area contributed by atoms with Crippen molar-refractivity contribution in [3.05, 3.63) is 48.6 Å². The van der Waals surface area contributed by atoms with E-state index >= 15 is 0 Å². The molecule has 1 amide bonds. The average Bonchev–Trinajstić information content (AvgIpc) is 2.90. The highest BCUT2D eigenvalue weighted by atomic mass is 16.8. The number of hydrogen-bond donors (Lipinski definition) is 12. The molecule has 508 valence electrons. The minimum Gasteiger partial charge on any atom is -0.394 e. The molecule has 0 saturated carbocycles. The molecular formula is C68H123NO18. The number of carbonyl (C=O) groups excluding carboxylic acids is 1. The third-order valence-electron chi connectivity index (χ3n) is 17.2. The molecule has 0 aromatic rings. The molecule has 3 aliphatic rings. The van der Waals surface area contributed by atoms with Crippen molar-refractivity contribution in [3.8, 4) is 0 Å². The summed E-state index contributed by atoms with van der Waals surface area (Å²) in [6.45, 7) is 1.66. The number of ether oxygens (including phenoxy) is 6. The van der Waals surface area contributed by atoms with E-state index in [1.165, 1.54) is 148 Å². The molecule has 3 rings (SSSR count). The van der Waals surface area contributed by atoms with Crippen LogP contribution in [-0.4, -0.2) is 193 Å². The van der Waals surface area contributed by atoms with Crippen LogP contribution in [0.2, 0.25) is 0 Å². The first-order valence-electron chi connectivity index (χ1n) is 34.4. The maximum atomic E-state index is 13.4. The van der Waals surface area contributed by atoms with Crippen molar-refractivity contribution in [1.29, 1.82) is 0 Å². The first-order chi connectivity index (χ1) is 42.3. The van der Waals surface area contributed by atoms with Crippen molar-refractivity contribution in [1.82, 2.24) is 5.32 Å². The topological polar surface area (TPSA) is 307 Å². The molecule has 0 aromatic carbocycles. The molecule has 12 N–H and O–H groups in total. The van der Waals surface area contributed by atoms with Crippen molar-refractivity contribution < 1.29 is 89.4 Å². The van der Waals surface area contributed by atoms with Crippen molar-refractivity contribution in [2.45, 2.75) is 349 Å². The fourth-order valence-electron chi connectivity index (χ4n) is 11.6.